The second-order valence-electron chi connectivity index (χ2n) is 15.4. The highest BCUT2D eigenvalue weighted by atomic mass is 32.2. The smallest absolute Gasteiger partial charge is 0.303 e. The summed E-state index contributed by atoms with van der Waals surface area (Å²) in [6, 6.07) is 2.52. The summed E-state index contributed by atoms with van der Waals surface area (Å²) in [6.07, 6.45) is 12.7. The quantitative estimate of drug-likeness (QED) is 0.0915. The molecule has 0 amide bonds. The Kier molecular flexibility index (Phi) is 15.9. The van der Waals surface area contributed by atoms with Crippen LogP contribution in [0.25, 0.3) is 0 Å². The van der Waals surface area contributed by atoms with Crippen molar-refractivity contribution in [2.75, 3.05) is 5.75 Å². The number of aliphatic carboxylic acids is 1. The van der Waals surface area contributed by atoms with Crippen molar-refractivity contribution < 1.29 is 18.8 Å². The molecule has 0 heterocycles. The zero-order valence-electron chi connectivity index (χ0n) is 29.1. The molecule has 0 spiro atoms. The van der Waals surface area contributed by atoms with Gasteiger partial charge in [0.05, 0.1) is 18.3 Å². The van der Waals surface area contributed by atoms with Crippen LogP contribution < -0.4 is 0 Å². The minimum Gasteiger partial charge on any atom is -0.481 e. The Hall–Kier alpha value is -0.856. The van der Waals surface area contributed by atoms with Crippen molar-refractivity contribution in [3.05, 3.63) is 22.6 Å². The summed E-state index contributed by atoms with van der Waals surface area (Å²) >= 11 is 1.78. The highest BCUT2D eigenvalue weighted by Crippen LogP contribution is 2.46. The molecule has 1 rings (SSSR count). The van der Waals surface area contributed by atoms with Gasteiger partial charge < -0.3 is 14.0 Å². The van der Waals surface area contributed by atoms with E-state index in [1.807, 2.05) is 0 Å². The highest BCUT2D eigenvalue weighted by Gasteiger charge is 2.44. The van der Waals surface area contributed by atoms with E-state index in [1.54, 1.807) is 11.8 Å². The summed E-state index contributed by atoms with van der Waals surface area (Å²) in [5.74, 6) is 0.767. The second-order valence-corrected chi connectivity index (χ2v) is 26.1. The Bertz CT molecular complexity index is 956. The summed E-state index contributed by atoms with van der Waals surface area (Å²) in [7, 11) is -4.05. The van der Waals surface area contributed by atoms with Gasteiger partial charge in [-0.3, -0.25) is 4.79 Å². The fourth-order valence-electron chi connectivity index (χ4n) is 4.73. The number of carboxylic acids is 1. The van der Waals surface area contributed by atoms with Crippen LogP contribution in [0.5, 0.6) is 0 Å². The van der Waals surface area contributed by atoms with E-state index < -0.39 is 22.6 Å². The largest absolute Gasteiger partial charge is 0.481 e. The molecule has 0 fully saturated rings. The van der Waals surface area contributed by atoms with E-state index >= 15 is 0 Å². The molecule has 0 radical (unpaired) electrons. The minimum absolute atomic E-state index is 0.0364. The lowest BCUT2D eigenvalue weighted by atomic mass is 9.96. The second kappa shape index (κ2) is 17.0. The number of rotatable bonds is 18. The van der Waals surface area contributed by atoms with E-state index in [2.05, 4.69) is 99.8 Å². The van der Waals surface area contributed by atoms with Crippen LogP contribution in [0.2, 0.25) is 36.3 Å². The normalized spacial score (nSPS) is 20.3. The van der Waals surface area contributed by atoms with Gasteiger partial charge in [-0.05, 0) is 67.2 Å². The molecule has 8 heteroatoms. The van der Waals surface area contributed by atoms with Crippen LogP contribution in [0.15, 0.2) is 22.6 Å². The predicted molar refractivity (Wildman–Crippen MR) is 186 cm³/mol. The van der Waals surface area contributed by atoms with Crippen LogP contribution in [-0.4, -0.2) is 45.7 Å². The van der Waals surface area contributed by atoms with Crippen molar-refractivity contribution in [3.8, 4) is 6.07 Å². The Morgan fingerprint density at radius 1 is 1.07 bits per heavy atom. The van der Waals surface area contributed by atoms with Crippen LogP contribution in [0.4, 0.5) is 0 Å². The summed E-state index contributed by atoms with van der Waals surface area (Å²) in [5, 5.41) is 19.4. The molecule has 1 N–H and O–H groups in total. The molecule has 0 unspecified atom stereocenters. The zero-order valence-corrected chi connectivity index (χ0v) is 31.9. The maximum Gasteiger partial charge on any atom is 0.303 e. The third kappa shape index (κ3) is 12.6. The van der Waals surface area contributed by atoms with Crippen molar-refractivity contribution in [2.24, 2.45) is 11.8 Å². The number of hydrogen-bond donors (Lipinski definition) is 1. The number of thioether (sulfide) groups is 1. The van der Waals surface area contributed by atoms with Crippen molar-refractivity contribution in [1.82, 2.24) is 0 Å². The first-order chi connectivity index (χ1) is 19.3. The first-order valence-electron chi connectivity index (χ1n) is 16.3. The fourth-order valence-corrected chi connectivity index (χ4v) is 8.65. The lowest BCUT2D eigenvalue weighted by Crippen LogP contribution is -2.45. The zero-order chi connectivity index (χ0) is 32.4. The predicted octanol–water partition coefficient (Wildman–Crippen LogP) is 10.7. The first-order valence-corrected chi connectivity index (χ1v) is 23.1. The lowest BCUT2D eigenvalue weighted by Gasteiger charge is -2.40. The maximum atomic E-state index is 10.9. The average Bonchev–Trinajstić information content (AvgIpc) is 3.16. The SMILES string of the molecule is CCCC[C@@H](C)C[C@@H](/C=C/[C@@H]1C(SCCCCCC(=O)O)=C(C#N)C[C@H]1O[Si](C)(C)C(C)(C)C)O[Si](C)(C)C(C)(C)C. The summed E-state index contributed by atoms with van der Waals surface area (Å²) in [4.78, 5) is 12.0. The number of carbonyl (C=O) groups is 1. The van der Waals surface area contributed by atoms with E-state index in [9.17, 15) is 10.1 Å². The molecule has 5 nitrogen and oxygen atoms in total. The number of hydrogen-bond acceptors (Lipinski definition) is 5. The van der Waals surface area contributed by atoms with Crippen molar-refractivity contribution in [2.45, 2.75) is 162 Å². The van der Waals surface area contributed by atoms with Crippen LogP contribution >= 0.6 is 11.8 Å². The number of nitriles is 1. The minimum atomic E-state index is -2.06. The Morgan fingerprint density at radius 2 is 1.69 bits per heavy atom. The van der Waals surface area contributed by atoms with E-state index in [0.29, 0.717) is 18.8 Å². The van der Waals surface area contributed by atoms with Gasteiger partial charge in [0.2, 0.25) is 0 Å². The van der Waals surface area contributed by atoms with Gasteiger partial charge in [0.15, 0.2) is 16.6 Å². The number of nitrogens with zero attached hydrogens (tertiary/aromatic N) is 1. The van der Waals surface area contributed by atoms with Gasteiger partial charge in [0.25, 0.3) is 0 Å². The van der Waals surface area contributed by atoms with Crippen LogP contribution in [-0.2, 0) is 13.6 Å². The third-order valence-electron chi connectivity index (χ3n) is 9.56. The Morgan fingerprint density at radius 3 is 2.21 bits per heavy atom. The maximum absolute atomic E-state index is 10.9. The Labute approximate surface area is 265 Å². The molecule has 0 saturated carbocycles. The van der Waals surface area contributed by atoms with E-state index in [-0.39, 0.29) is 34.6 Å². The molecular weight excluding hydrogens is 575 g/mol. The summed E-state index contributed by atoms with van der Waals surface area (Å²) in [6.45, 7) is 27.6. The molecule has 0 aromatic rings. The molecule has 242 valence electrons. The third-order valence-corrected chi connectivity index (χ3v) is 19.9. The van der Waals surface area contributed by atoms with Crippen LogP contribution in [0.3, 0.4) is 0 Å². The molecule has 0 bridgehead atoms. The van der Waals surface area contributed by atoms with Gasteiger partial charge in [-0.2, -0.15) is 5.26 Å². The van der Waals surface area contributed by atoms with Gasteiger partial charge >= 0.3 is 5.97 Å². The molecule has 1 aliphatic rings. The summed E-state index contributed by atoms with van der Waals surface area (Å²) < 4.78 is 14.0. The van der Waals surface area contributed by atoms with Crippen molar-refractivity contribution in [1.29, 1.82) is 5.26 Å². The van der Waals surface area contributed by atoms with Crippen molar-refractivity contribution in [3.63, 3.8) is 0 Å². The molecule has 42 heavy (non-hydrogen) atoms. The average molecular weight is 638 g/mol. The standard InChI is InChI=1S/C34H63NO4SSi2/c1-13-14-18-26(2)23-28(38-41(9,10)33(3,4)5)20-21-29-30(39-42(11,12)34(6,7)8)24-27(25-35)32(29)40-22-17-15-16-19-31(36)37/h20-21,26,28-30H,13-19,22-24H2,1-12H3,(H,36,37)/b21-20+/t26-,28-,29+,30-/m1/s1. The molecule has 0 aromatic carbocycles. The van der Waals surface area contributed by atoms with Gasteiger partial charge in [0, 0.05) is 29.2 Å². The number of unbranched alkanes of at least 4 members (excludes halogenated alkanes) is 3. The van der Waals surface area contributed by atoms with Gasteiger partial charge in [-0.25, -0.2) is 0 Å². The number of carboxylic acid groups (broad SMARTS) is 1. The van der Waals surface area contributed by atoms with Gasteiger partial charge in [-0.1, -0.05) is 93.2 Å². The molecule has 0 aromatic heterocycles. The summed E-state index contributed by atoms with van der Waals surface area (Å²) in [5.41, 5.74) is 0.849. The molecule has 0 aliphatic heterocycles. The van der Waals surface area contributed by atoms with Crippen LogP contribution in [0.1, 0.15) is 113 Å². The van der Waals surface area contributed by atoms with E-state index in [0.717, 1.165) is 35.5 Å². The first kappa shape index (κ1) is 39.2. The van der Waals surface area contributed by atoms with Crippen molar-refractivity contribution >= 4 is 34.4 Å². The molecule has 4 atom stereocenters. The van der Waals surface area contributed by atoms with E-state index in [4.69, 9.17) is 14.0 Å². The highest BCUT2D eigenvalue weighted by molar-refractivity contribution is 8.03. The van der Waals surface area contributed by atoms with Gasteiger partial charge in [0.1, 0.15) is 0 Å². The fraction of sp³-hybridized carbons (Fsp3) is 0.824. The molecular formula is C34H63NO4SSi2. The van der Waals surface area contributed by atoms with Crippen LogP contribution in [0, 0.1) is 23.2 Å². The molecule has 1 aliphatic carbocycles. The Balaban J connectivity index is 3.35. The topological polar surface area (TPSA) is 79.5 Å². The lowest BCUT2D eigenvalue weighted by molar-refractivity contribution is -0.137. The molecule has 0 saturated heterocycles. The monoisotopic (exact) mass is 637 g/mol. The van der Waals surface area contributed by atoms with E-state index in [1.165, 1.54) is 19.3 Å². The van der Waals surface area contributed by atoms with Gasteiger partial charge in [-0.15, -0.1) is 11.8 Å².